The number of hydrogen-bond acceptors (Lipinski definition) is 5. The number of aromatic nitrogens is 2. The smallest absolute Gasteiger partial charge is 0.154 e. The average molecular weight is 257 g/mol. The van der Waals surface area contributed by atoms with Gasteiger partial charge in [0.1, 0.15) is 17.4 Å². The second-order valence-corrected chi connectivity index (χ2v) is 6.15. The second kappa shape index (κ2) is 5.44. The first kappa shape index (κ1) is 13.9. The molecule has 0 unspecified atom stereocenters. The summed E-state index contributed by atoms with van der Waals surface area (Å²) in [4.78, 5) is 8.52. The van der Waals surface area contributed by atoms with Gasteiger partial charge in [0.05, 0.1) is 0 Å². The van der Waals surface area contributed by atoms with Crippen molar-refractivity contribution in [1.82, 2.24) is 9.97 Å². The Balaban J connectivity index is 3.19. The number of nitrogens with one attached hydrogen (secondary N) is 1. The van der Waals surface area contributed by atoms with Crippen molar-refractivity contribution in [3.8, 4) is 0 Å². The third-order valence-corrected chi connectivity index (χ3v) is 3.13. The van der Waals surface area contributed by atoms with E-state index in [4.69, 9.17) is 0 Å². The number of rotatable bonds is 5. The molecular weight excluding hydrogens is 238 g/mol. The minimum atomic E-state index is -3.10. The molecule has 6 heteroatoms. The average Bonchev–Trinajstić information content (AvgIpc) is 2.15. The van der Waals surface area contributed by atoms with Crippen molar-refractivity contribution < 1.29 is 8.42 Å². The van der Waals surface area contributed by atoms with Crippen LogP contribution in [0.1, 0.15) is 30.9 Å². The van der Waals surface area contributed by atoms with Gasteiger partial charge in [-0.15, -0.1) is 0 Å². The molecule has 0 amide bonds. The lowest BCUT2D eigenvalue weighted by Gasteiger charge is -2.12. The Morgan fingerprint density at radius 3 is 2.35 bits per heavy atom. The standard InChI is InChI=1S/C11H19N3O2S/c1-5-9-8(3)13-10(7-17(4,15)16)14-11(9)12-6-2/h5-7H2,1-4H3,(H,12,13,14). The Labute approximate surface area is 103 Å². The predicted octanol–water partition coefficient (Wildman–Crippen LogP) is 1.32. The predicted molar refractivity (Wildman–Crippen MR) is 68.9 cm³/mol. The van der Waals surface area contributed by atoms with E-state index >= 15 is 0 Å². The third-order valence-electron chi connectivity index (χ3n) is 2.35. The topological polar surface area (TPSA) is 72.0 Å². The lowest BCUT2D eigenvalue weighted by atomic mass is 10.1. The first-order valence-electron chi connectivity index (χ1n) is 5.65. The summed E-state index contributed by atoms with van der Waals surface area (Å²) in [6.45, 7) is 6.64. The van der Waals surface area contributed by atoms with Crippen molar-refractivity contribution in [1.29, 1.82) is 0 Å². The van der Waals surface area contributed by atoms with Crippen LogP contribution in [0.4, 0.5) is 5.82 Å². The highest BCUT2D eigenvalue weighted by molar-refractivity contribution is 7.89. The van der Waals surface area contributed by atoms with Gasteiger partial charge in [0.25, 0.3) is 0 Å². The quantitative estimate of drug-likeness (QED) is 0.861. The number of anilines is 1. The molecule has 5 nitrogen and oxygen atoms in total. The maximum atomic E-state index is 11.2. The van der Waals surface area contributed by atoms with E-state index in [1.54, 1.807) is 0 Å². The molecule has 96 valence electrons. The molecule has 0 spiro atoms. The van der Waals surface area contributed by atoms with Crippen molar-refractivity contribution in [3.63, 3.8) is 0 Å². The second-order valence-electron chi connectivity index (χ2n) is 4.01. The first-order valence-corrected chi connectivity index (χ1v) is 7.71. The van der Waals surface area contributed by atoms with E-state index < -0.39 is 9.84 Å². The molecule has 1 N–H and O–H groups in total. The summed E-state index contributed by atoms with van der Waals surface area (Å²) in [5, 5.41) is 3.15. The fraction of sp³-hybridized carbons (Fsp3) is 0.636. The number of sulfone groups is 1. The summed E-state index contributed by atoms with van der Waals surface area (Å²) < 4.78 is 22.5. The van der Waals surface area contributed by atoms with Gasteiger partial charge in [0.2, 0.25) is 0 Å². The van der Waals surface area contributed by atoms with Gasteiger partial charge in [-0.3, -0.25) is 0 Å². The molecule has 0 radical (unpaired) electrons. The Kier molecular flexibility index (Phi) is 4.45. The number of nitrogens with zero attached hydrogens (tertiary/aromatic N) is 2. The molecule has 0 bridgehead atoms. The maximum Gasteiger partial charge on any atom is 0.154 e. The summed E-state index contributed by atoms with van der Waals surface area (Å²) >= 11 is 0. The van der Waals surface area contributed by atoms with Crippen LogP contribution in [0.5, 0.6) is 0 Å². The Morgan fingerprint density at radius 1 is 1.24 bits per heavy atom. The van der Waals surface area contributed by atoms with Crippen LogP contribution in [0.2, 0.25) is 0 Å². The molecular formula is C11H19N3O2S. The summed E-state index contributed by atoms with van der Waals surface area (Å²) in [6.07, 6.45) is 2.01. The zero-order chi connectivity index (χ0) is 13.1. The molecule has 1 aromatic heterocycles. The summed E-state index contributed by atoms with van der Waals surface area (Å²) in [5.74, 6) is 0.996. The SMILES string of the molecule is CCNc1nc(CS(C)(=O)=O)nc(C)c1CC. The Morgan fingerprint density at radius 2 is 1.88 bits per heavy atom. The van der Waals surface area contributed by atoms with Gasteiger partial charge in [0.15, 0.2) is 9.84 Å². The summed E-state index contributed by atoms with van der Waals surface area (Å²) in [5.41, 5.74) is 1.89. The highest BCUT2D eigenvalue weighted by Gasteiger charge is 2.13. The Bertz CT molecular complexity index is 498. The van der Waals surface area contributed by atoms with Crippen LogP contribution in [0, 0.1) is 6.92 Å². The van der Waals surface area contributed by atoms with Crippen LogP contribution in [0.15, 0.2) is 0 Å². The van der Waals surface area contributed by atoms with Gasteiger partial charge in [0, 0.05) is 24.1 Å². The molecule has 0 atom stereocenters. The van der Waals surface area contributed by atoms with E-state index in [-0.39, 0.29) is 5.75 Å². The van der Waals surface area contributed by atoms with Crippen molar-refractivity contribution in [2.45, 2.75) is 32.9 Å². The van der Waals surface area contributed by atoms with E-state index in [1.807, 2.05) is 20.8 Å². The zero-order valence-corrected chi connectivity index (χ0v) is 11.6. The Hall–Kier alpha value is -1.17. The van der Waals surface area contributed by atoms with Crippen molar-refractivity contribution in [2.24, 2.45) is 0 Å². The molecule has 0 saturated carbocycles. The van der Waals surface area contributed by atoms with Crippen LogP contribution < -0.4 is 5.32 Å². The molecule has 1 aromatic rings. The molecule has 0 aliphatic rings. The fourth-order valence-electron chi connectivity index (χ4n) is 1.69. The van der Waals surface area contributed by atoms with Crippen LogP contribution in [0.3, 0.4) is 0 Å². The molecule has 0 aliphatic heterocycles. The fourth-order valence-corrected chi connectivity index (χ4v) is 2.29. The van der Waals surface area contributed by atoms with Gasteiger partial charge in [-0.25, -0.2) is 18.4 Å². The minimum Gasteiger partial charge on any atom is -0.370 e. The van der Waals surface area contributed by atoms with E-state index in [0.717, 1.165) is 30.0 Å². The van der Waals surface area contributed by atoms with Crippen LogP contribution in [0.25, 0.3) is 0 Å². The van der Waals surface area contributed by atoms with E-state index in [9.17, 15) is 8.42 Å². The maximum absolute atomic E-state index is 11.2. The van der Waals surface area contributed by atoms with E-state index in [0.29, 0.717) is 5.82 Å². The first-order chi connectivity index (χ1) is 7.87. The van der Waals surface area contributed by atoms with Crippen LogP contribution >= 0.6 is 0 Å². The van der Waals surface area contributed by atoms with Gasteiger partial charge in [-0.2, -0.15) is 0 Å². The number of aryl methyl sites for hydroxylation is 1. The summed E-state index contributed by atoms with van der Waals surface area (Å²) in [7, 11) is -3.10. The molecule has 0 aromatic carbocycles. The van der Waals surface area contributed by atoms with E-state index in [2.05, 4.69) is 15.3 Å². The zero-order valence-electron chi connectivity index (χ0n) is 10.7. The monoisotopic (exact) mass is 257 g/mol. The summed E-state index contributed by atoms with van der Waals surface area (Å²) in [6, 6.07) is 0. The van der Waals surface area contributed by atoms with Gasteiger partial charge in [-0.1, -0.05) is 6.92 Å². The van der Waals surface area contributed by atoms with Gasteiger partial charge < -0.3 is 5.32 Å². The largest absolute Gasteiger partial charge is 0.370 e. The minimum absolute atomic E-state index is 0.115. The van der Waals surface area contributed by atoms with Gasteiger partial charge in [-0.05, 0) is 20.3 Å². The normalized spacial score (nSPS) is 11.5. The van der Waals surface area contributed by atoms with Gasteiger partial charge >= 0.3 is 0 Å². The molecule has 0 fully saturated rings. The highest BCUT2D eigenvalue weighted by atomic mass is 32.2. The van der Waals surface area contributed by atoms with Crippen molar-refractivity contribution in [2.75, 3.05) is 18.1 Å². The molecule has 0 saturated heterocycles. The number of hydrogen-bond donors (Lipinski definition) is 1. The molecule has 1 heterocycles. The molecule has 1 rings (SSSR count). The lowest BCUT2D eigenvalue weighted by Crippen LogP contribution is -2.12. The van der Waals surface area contributed by atoms with Crippen LogP contribution in [-0.4, -0.2) is 31.2 Å². The van der Waals surface area contributed by atoms with Crippen molar-refractivity contribution in [3.05, 3.63) is 17.1 Å². The van der Waals surface area contributed by atoms with Crippen molar-refractivity contribution >= 4 is 15.7 Å². The molecule has 0 aliphatic carbocycles. The highest BCUT2D eigenvalue weighted by Crippen LogP contribution is 2.17. The molecule has 17 heavy (non-hydrogen) atoms. The van der Waals surface area contributed by atoms with E-state index in [1.165, 1.54) is 6.26 Å². The van der Waals surface area contributed by atoms with Crippen LogP contribution in [-0.2, 0) is 22.0 Å². The lowest BCUT2D eigenvalue weighted by molar-refractivity contribution is 0.599. The third kappa shape index (κ3) is 3.96.